The highest BCUT2D eigenvalue weighted by atomic mass is 16.4. The molecule has 0 saturated heterocycles. The number of amides is 2. The van der Waals surface area contributed by atoms with Crippen LogP contribution in [0.3, 0.4) is 0 Å². The number of carbonyl (C=O) groups excluding carboxylic acids is 3. The van der Waals surface area contributed by atoms with E-state index in [2.05, 4.69) is 10.8 Å². The first-order chi connectivity index (χ1) is 8.00. The molecule has 1 aromatic carbocycles. The lowest BCUT2D eigenvalue weighted by atomic mass is 10.1. The Morgan fingerprint density at radius 3 is 2.29 bits per heavy atom. The molecule has 2 amide bonds. The van der Waals surface area contributed by atoms with Gasteiger partial charge in [0.2, 0.25) is 0 Å². The number of aromatic carboxylic acids is 1. The molecule has 0 unspecified atom stereocenters. The number of carboxylic acids is 1. The van der Waals surface area contributed by atoms with Gasteiger partial charge in [-0.05, 0) is 11.1 Å². The summed E-state index contributed by atoms with van der Waals surface area (Å²) in [6.45, 7) is 0. The second-order valence-corrected chi connectivity index (χ2v) is 2.97. The van der Waals surface area contributed by atoms with Crippen LogP contribution in [0.2, 0.25) is 0 Å². The Bertz CT molecular complexity index is 479. The van der Waals surface area contributed by atoms with Gasteiger partial charge in [-0.3, -0.25) is 9.59 Å². The number of rotatable bonds is 3. The molecule has 17 heavy (non-hydrogen) atoms. The Hall–Kier alpha value is -2.70. The average Bonchev–Trinajstić information content (AvgIpc) is 2.29. The minimum absolute atomic E-state index is 0.0309. The molecule has 0 aliphatic rings. The third-order valence-electron chi connectivity index (χ3n) is 1.75. The van der Waals surface area contributed by atoms with Crippen molar-refractivity contribution in [2.75, 3.05) is 0 Å². The summed E-state index contributed by atoms with van der Waals surface area (Å²) < 4.78 is 0. The van der Waals surface area contributed by atoms with Crippen molar-refractivity contribution in [3.05, 3.63) is 35.4 Å². The molecule has 3 N–H and O–H groups in total. The van der Waals surface area contributed by atoms with Gasteiger partial charge in [0.1, 0.15) is 0 Å². The standard InChI is InChI=1S/C10H9N3O4/c11-8(14)9(15)13-12-5-6-1-3-7(4-2-6)10(16)17/h1-5H,(H2,11,14)(H,13,15)(H,16,17)/p-1/b12-5-. The lowest BCUT2D eigenvalue weighted by Crippen LogP contribution is -2.32. The lowest BCUT2D eigenvalue weighted by molar-refractivity contribution is -0.255. The van der Waals surface area contributed by atoms with Gasteiger partial charge < -0.3 is 15.6 Å². The van der Waals surface area contributed by atoms with Gasteiger partial charge in [0.25, 0.3) is 0 Å². The molecular formula is C10H8N3O4-. The van der Waals surface area contributed by atoms with Gasteiger partial charge in [0.15, 0.2) is 0 Å². The molecule has 7 heteroatoms. The summed E-state index contributed by atoms with van der Waals surface area (Å²) in [6.07, 6.45) is 1.24. The van der Waals surface area contributed by atoms with Crippen LogP contribution in [0.4, 0.5) is 0 Å². The zero-order chi connectivity index (χ0) is 12.8. The number of hydrogen-bond donors (Lipinski definition) is 2. The Labute approximate surface area is 95.9 Å². The number of hydrogen-bond acceptors (Lipinski definition) is 5. The number of carboxylic acid groups (broad SMARTS) is 1. The summed E-state index contributed by atoms with van der Waals surface area (Å²) in [5.74, 6) is -3.46. The SMILES string of the molecule is NC(=O)C(=O)N/N=C\c1ccc(C(=O)[O-])cc1. The maximum atomic E-state index is 10.7. The van der Waals surface area contributed by atoms with Crippen molar-refractivity contribution >= 4 is 24.0 Å². The fourth-order valence-corrected chi connectivity index (χ4v) is 0.926. The third kappa shape index (κ3) is 3.74. The largest absolute Gasteiger partial charge is 0.545 e. The van der Waals surface area contributed by atoms with Gasteiger partial charge in [-0.1, -0.05) is 24.3 Å². The molecule has 0 fully saturated rings. The van der Waals surface area contributed by atoms with E-state index < -0.39 is 17.8 Å². The van der Waals surface area contributed by atoms with Crippen molar-refractivity contribution in [1.82, 2.24) is 5.43 Å². The molecule has 0 spiro atoms. The number of hydrazone groups is 1. The van der Waals surface area contributed by atoms with Crippen LogP contribution >= 0.6 is 0 Å². The smallest absolute Gasteiger partial charge is 0.329 e. The van der Waals surface area contributed by atoms with Crippen LogP contribution < -0.4 is 16.3 Å². The quantitative estimate of drug-likeness (QED) is 0.356. The average molecular weight is 234 g/mol. The minimum Gasteiger partial charge on any atom is -0.545 e. The summed E-state index contributed by atoms with van der Waals surface area (Å²) in [5.41, 5.74) is 7.14. The van der Waals surface area contributed by atoms with Gasteiger partial charge in [0, 0.05) is 0 Å². The molecule has 0 aliphatic heterocycles. The molecule has 7 nitrogen and oxygen atoms in total. The van der Waals surface area contributed by atoms with E-state index in [1.54, 1.807) is 0 Å². The molecule has 0 radical (unpaired) electrons. The fraction of sp³-hybridized carbons (Fsp3) is 0. The van der Waals surface area contributed by atoms with Crippen LogP contribution in [0.1, 0.15) is 15.9 Å². The summed E-state index contributed by atoms with van der Waals surface area (Å²) in [6, 6.07) is 5.58. The molecule has 0 saturated carbocycles. The van der Waals surface area contributed by atoms with E-state index in [1.807, 2.05) is 5.43 Å². The van der Waals surface area contributed by atoms with E-state index in [-0.39, 0.29) is 5.56 Å². The second-order valence-electron chi connectivity index (χ2n) is 2.97. The van der Waals surface area contributed by atoms with Crippen LogP contribution in [0.25, 0.3) is 0 Å². The molecule has 1 rings (SSSR count). The van der Waals surface area contributed by atoms with Crippen LogP contribution in [0.5, 0.6) is 0 Å². The van der Waals surface area contributed by atoms with Crippen molar-refractivity contribution in [2.24, 2.45) is 10.8 Å². The normalized spacial score (nSPS) is 10.1. The van der Waals surface area contributed by atoms with E-state index in [0.717, 1.165) is 0 Å². The van der Waals surface area contributed by atoms with Crippen LogP contribution in [0, 0.1) is 0 Å². The topological polar surface area (TPSA) is 125 Å². The molecule has 0 bridgehead atoms. The third-order valence-corrected chi connectivity index (χ3v) is 1.75. The number of benzene rings is 1. The van der Waals surface area contributed by atoms with Crippen LogP contribution in [0.15, 0.2) is 29.4 Å². The Morgan fingerprint density at radius 2 is 1.82 bits per heavy atom. The zero-order valence-electron chi connectivity index (χ0n) is 8.54. The molecule has 0 heterocycles. The molecule has 0 aromatic heterocycles. The number of nitrogens with two attached hydrogens (primary N) is 1. The molecule has 0 atom stereocenters. The predicted octanol–water partition coefficient (Wildman–Crippen LogP) is -2.01. The zero-order valence-corrected chi connectivity index (χ0v) is 8.54. The summed E-state index contributed by atoms with van der Waals surface area (Å²) in [4.78, 5) is 31.5. The van der Waals surface area contributed by atoms with E-state index in [1.165, 1.54) is 30.5 Å². The highest BCUT2D eigenvalue weighted by Gasteiger charge is 2.05. The maximum absolute atomic E-state index is 10.7. The van der Waals surface area contributed by atoms with Crippen molar-refractivity contribution in [1.29, 1.82) is 0 Å². The fourth-order valence-electron chi connectivity index (χ4n) is 0.926. The second kappa shape index (κ2) is 5.40. The molecule has 88 valence electrons. The van der Waals surface area contributed by atoms with E-state index in [0.29, 0.717) is 5.56 Å². The number of primary amides is 1. The summed E-state index contributed by atoms with van der Waals surface area (Å²) >= 11 is 0. The van der Waals surface area contributed by atoms with Crippen molar-refractivity contribution < 1.29 is 19.5 Å². The Balaban J connectivity index is 2.63. The molecule has 0 aliphatic carbocycles. The van der Waals surface area contributed by atoms with Gasteiger partial charge in [-0.2, -0.15) is 5.10 Å². The monoisotopic (exact) mass is 234 g/mol. The maximum Gasteiger partial charge on any atom is 0.329 e. The first-order valence-corrected chi connectivity index (χ1v) is 4.45. The lowest BCUT2D eigenvalue weighted by Gasteiger charge is -2.01. The first-order valence-electron chi connectivity index (χ1n) is 4.45. The Kier molecular flexibility index (Phi) is 3.93. The first kappa shape index (κ1) is 12.4. The summed E-state index contributed by atoms with van der Waals surface area (Å²) in [7, 11) is 0. The minimum atomic E-state index is -1.28. The highest BCUT2D eigenvalue weighted by Crippen LogP contribution is 2.00. The molecule has 1 aromatic rings. The van der Waals surface area contributed by atoms with Gasteiger partial charge in [-0.25, -0.2) is 5.43 Å². The summed E-state index contributed by atoms with van der Waals surface area (Å²) in [5, 5.41) is 13.9. The highest BCUT2D eigenvalue weighted by molar-refractivity contribution is 6.34. The number of nitrogens with one attached hydrogen (secondary N) is 1. The van der Waals surface area contributed by atoms with E-state index in [9.17, 15) is 19.5 Å². The van der Waals surface area contributed by atoms with Crippen LogP contribution in [-0.2, 0) is 9.59 Å². The Morgan fingerprint density at radius 1 is 1.24 bits per heavy atom. The van der Waals surface area contributed by atoms with E-state index >= 15 is 0 Å². The number of carbonyl (C=O) groups is 3. The van der Waals surface area contributed by atoms with Gasteiger partial charge >= 0.3 is 11.8 Å². The van der Waals surface area contributed by atoms with Crippen LogP contribution in [-0.4, -0.2) is 24.0 Å². The van der Waals surface area contributed by atoms with Crippen molar-refractivity contribution in [2.45, 2.75) is 0 Å². The van der Waals surface area contributed by atoms with Gasteiger partial charge in [-0.15, -0.1) is 0 Å². The number of nitrogens with zero attached hydrogens (tertiary/aromatic N) is 1. The predicted molar refractivity (Wildman–Crippen MR) is 55.7 cm³/mol. The van der Waals surface area contributed by atoms with E-state index in [4.69, 9.17) is 0 Å². The molecular weight excluding hydrogens is 226 g/mol. The van der Waals surface area contributed by atoms with Crippen molar-refractivity contribution in [3.8, 4) is 0 Å². The van der Waals surface area contributed by atoms with Gasteiger partial charge in [0.05, 0.1) is 12.2 Å². The van der Waals surface area contributed by atoms with Crippen molar-refractivity contribution in [3.63, 3.8) is 0 Å².